The van der Waals surface area contributed by atoms with E-state index < -0.39 is 0 Å². The summed E-state index contributed by atoms with van der Waals surface area (Å²) < 4.78 is -0.268. The van der Waals surface area contributed by atoms with Crippen molar-refractivity contribution in [3.63, 3.8) is 0 Å². The van der Waals surface area contributed by atoms with Crippen LogP contribution in [0.5, 0.6) is 0 Å². The third-order valence-electron chi connectivity index (χ3n) is 1.22. The van der Waals surface area contributed by atoms with Gasteiger partial charge in [0, 0.05) is 0 Å². The first-order valence-electron chi connectivity index (χ1n) is 2.67. The van der Waals surface area contributed by atoms with Crippen LogP contribution in [0.25, 0.3) is 0 Å². The molecule has 0 aliphatic heterocycles. The van der Waals surface area contributed by atoms with Gasteiger partial charge in [0.1, 0.15) is 0 Å². The Morgan fingerprint density at radius 1 is 1.44 bits per heavy atom. The molecular weight excluding hydrogens is 216 g/mol. The molecule has 0 heterocycles. The Balaban J connectivity index is 2.78. The van der Waals surface area contributed by atoms with E-state index in [4.69, 9.17) is 23.2 Å². The van der Waals surface area contributed by atoms with Crippen LogP contribution < -0.4 is 0 Å². The van der Waals surface area contributed by atoms with Crippen LogP contribution in [-0.2, 0) is 0 Å². The molecular formula is C6H7Cl2Ge. The molecule has 1 radical (unpaired) electrons. The van der Waals surface area contributed by atoms with Crippen LogP contribution in [-0.4, -0.2) is 25.6 Å². The Bertz CT molecular complexity index is 160. The van der Waals surface area contributed by atoms with E-state index >= 15 is 0 Å². The van der Waals surface area contributed by atoms with Crippen molar-refractivity contribution in [2.24, 2.45) is 0 Å². The molecule has 0 saturated heterocycles. The van der Waals surface area contributed by atoms with Gasteiger partial charge in [-0.3, -0.25) is 0 Å². The molecule has 3 heteroatoms. The molecule has 0 aromatic heterocycles. The fraction of sp³-hybridized carbons (Fsp3) is 0.333. The fourth-order valence-electron chi connectivity index (χ4n) is 0.629. The molecule has 0 saturated carbocycles. The van der Waals surface area contributed by atoms with Gasteiger partial charge in [-0.2, -0.15) is 0 Å². The van der Waals surface area contributed by atoms with E-state index in [1.54, 1.807) is 0 Å². The zero-order valence-corrected chi connectivity index (χ0v) is 9.33. The molecule has 49 valence electrons. The van der Waals surface area contributed by atoms with Crippen molar-refractivity contribution in [2.45, 2.75) is 9.08 Å². The van der Waals surface area contributed by atoms with Gasteiger partial charge >= 0.3 is 73.1 Å². The zero-order valence-electron chi connectivity index (χ0n) is 4.85. The predicted molar refractivity (Wildman–Crippen MR) is 45.0 cm³/mol. The van der Waals surface area contributed by atoms with Gasteiger partial charge in [0.05, 0.1) is 0 Å². The molecule has 0 fully saturated rings. The van der Waals surface area contributed by atoms with Crippen molar-refractivity contribution in [3.8, 4) is 0 Å². The van der Waals surface area contributed by atoms with Crippen molar-refractivity contribution in [2.75, 3.05) is 0 Å². The van der Waals surface area contributed by atoms with Gasteiger partial charge in [0.2, 0.25) is 0 Å². The number of alkyl halides is 2. The van der Waals surface area contributed by atoms with Gasteiger partial charge in [0.15, 0.2) is 0 Å². The first-order valence-corrected chi connectivity index (χ1v) is 4.97. The van der Waals surface area contributed by atoms with Crippen molar-refractivity contribution in [1.82, 2.24) is 0 Å². The molecule has 0 spiro atoms. The van der Waals surface area contributed by atoms with E-state index in [0.717, 1.165) is 16.5 Å². The molecule has 1 rings (SSSR count). The molecule has 0 aromatic rings. The minimum absolute atomic E-state index is 0.0239. The van der Waals surface area contributed by atoms with Crippen molar-refractivity contribution in [1.29, 1.82) is 0 Å². The third-order valence-corrected chi connectivity index (χ3v) is 4.19. The van der Waals surface area contributed by atoms with Crippen LogP contribution in [0.1, 0.15) is 0 Å². The Morgan fingerprint density at radius 2 is 2.11 bits per heavy atom. The predicted octanol–water partition coefficient (Wildman–Crippen LogP) is 1.29. The Hall–Kier alpha value is 0.603. The van der Waals surface area contributed by atoms with Gasteiger partial charge in [-0.25, -0.2) is 0 Å². The second-order valence-electron chi connectivity index (χ2n) is 2.07. The SMILES string of the molecule is ClC1C=CC=C[C]1(Cl)[GeH2]. The van der Waals surface area contributed by atoms with E-state index in [9.17, 15) is 0 Å². The van der Waals surface area contributed by atoms with Gasteiger partial charge in [-0.1, -0.05) is 0 Å². The van der Waals surface area contributed by atoms with E-state index in [2.05, 4.69) is 0 Å². The number of halogens is 2. The quantitative estimate of drug-likeness (QED) is 0.428. The number of rotatable bonds is 0. The molecule has 2 unspecified atom stereocenters. The summed E-state index contributed by atoms with van der Waals surface area (Å²) in [6.45, 7) is 0. The topological polar surface area (TPSA) is 0 Å². The van der Waals surface area contributed by atoms with Crippen LogP contribution in [0.15, 0.2) is 24.3 Å². The second-order valence-corrected chi connectivity index (χ2v) is 6.64. The van der Waals surface area contributed by atoms with Crippen LogP contribution in [0, 0.1) is 0 Å². The number of allylic oxidation sites excluding steroid dienone is 4. The summed E-state index contributed by atoms with van der Waals surface area (Å²) in [4.78, 5) is 0. The van der Waals surface area contributed by atoms with Crippen LogP contribution in [0.3, 0.4) is 0 Å². The average molecular weight is 223 g/mol. The average Bonchev–Trinajstić information content (AvgIpc) is 1.77. The van der Waals surface area contributed by atoms with Crippen molar-refractivity contribution < 1.29 is 0 Å². The molecule has 9 heavy (non-hydrogen) atoms. The van der Waals surface area contributed by atoms with E-state index in [0.29, 0.717) is 0 Å². The Kier molecular flexibility index (Phi) is 2.30. The van der Waals surface area contributed by atoms with Gasteiger partial charge in [-0.15, -0.1) is 0 Å². The molecule has 0 bridgehead atoms. The number of hydrogen-bond donors (Lipinski definition) is 0. The van der Waals surface area contributed by atoms with Gasteiger partial charge in [0.25, 0.3) is 0 Å². The molecule has 0 nitrogen and oxygen atoms in total. The monoisotopic (exact) mass is 223 g/mol. The van der Waals surface area contributed by atoms with Crippen LogP contribution in [0.2, 0.25) is 0 Å². The summed E-state index contributed by atoms with van der Waals surface area (Å²) in [7, 11) is 0. The van der Waals surface area contributed by atoms with Crippen molar-refractivity contribution in [3.05, 3.63) is 24.3 Å². The molecule has 0 amide bonds. The van der Waals surface area contributed by atoms with E-state index in [1.807, 2.05) is 24.3 Å². The summed E-state index contributed by atoms with van der Waals surface area (Å²) in [6.07, 6.45) is 7.73. The molecule has 1 aliphatic rings. The maximum atomic E-state index is 6.01. The molecule has 1 aliphatic carbocycles. The van der Waals surface area contributed by atoms with Crippen LogP contribution in [0.4, 0.5) is 0 Å². The Morgan fingerprint density at radius 3 is 2.44 bits per heavy atom. The van der Waals surface area contributed by atoms with Gasteiger partial charge < -0.3 is 0 Å². The third kappa shape index (κ3) is 1.76. The van der Waals surface area contributed by atoms with E-state index in [-0.39, 0.29) is 9.08 Å². The minimum atomic E-state index is -0.268. The summed E-state index contributed by atoms with van der Waals surface area (Å²) in [5.41, 5.74) is 0. The van der Waals surface area contributed by atoms with Crippen LogP contribution >= 0.6 is 23.2 Å². The van der Waals surface area contributed by atoms with E-state index in [1.165, 1.54) is 0 Å². The Labute approximate surface area is 73.1 Å². The maximum absolute atomic E-state index is 6.01. The first-order chi connectivity index (χ1) is 4.13. The summed E-state index contributed by atoms with van der Waals surface area (Å²) in [5.74, 6) is 0. The summed E-state index contributed by atoms with van der Waals surface area (Å²) in [5, 5.41) is -0.0239. The summed E-state index contributed by atoms with van der Waals surface area (Å²) in [6, 6.07) is 0. The van der Waals surface area contributed by atoms with Crippen molar-refractivity contribution >= 4 is 39.7 Å². The standard InChI is InChI=1S/C6H7Cl2Ge/c7-5-3-1-2-4-6(5,8)9/h1-5H,9H2. The fourth-order valence-corrected chi connectivity index (χ4v) is 1.50. The molecule has 2 atom stereocenters. The normalized spacial score (nSPS) is 41.4. The second kappa shape index (κ2) is 2.69. The van der Waals surface area contributed by atoms with Gasteiger partial charge in [-0.05, 0) is 0 Å². The number of hydrogen-bond acceptors (Lipinski definition) is 0. The summed E-state index contributed by atoms with van der Waals surface area (Å²) >= 11 is 12.9. The molecule has 0 aromatic carbocycles. The zero-order chi connectivity index (χ0) is 6.91. The molecule has 0 N–H and O–H groups in total. The first kappa shape index (κ1) is 7.71.